The number of nitrogens with one attached hydrogen (secondary N) is 1. The number of carbonyl (C=O) groups excluding carboxylic acids is 4. The number of halogens is 3. The number of hydrogen-bond donors (Lipinski definition) is 1. The highest BCUT2D eigenvalue weighted by Gasteiger charge is 2.45. The number of hydrogen-bond acceptors (Lipinski definition) is 4. The predicted molar refractivity (Wildman–Crippen MR) is 160 cm³/mol. The molecule has 0 saturated heterocycles. The first-order valence-corrected chi connectivity index (χ1v) is 14.3. The molecule has 0 aliphatic carbocycles. The van der Waals surface area contributed by atoms with Gasteiger partial charge in [-0.25, -0.2) is 0 Å². The fraction of sp³-hybridized carbons (Fsp3) is 0.294. The first-order chi connectivity index (χ1) is 21.0. The Bertz CT molecular complexity index is 1490. The predicted octanol–water partition coefficient (Wildman–Crippen LogP) is 5.17. The van der Waals surface area contributed by atoms with Crippen molar-refractivity contribution in [2.45, 2.75) is 51.4 Å². The summed E-state index contributed by atoms with van der Waals surface area (Å²) in [5.41, 5.74) is 2.18. The molecule has 1 heterocycles. The van der Waals surface area contributed by atoms with Crippen LogP contribution in [0.3, 0.4) is 0 Å². The minimum atomic E-state index is -5.17. The van der Waals surface area contributed by atoms with Gasteiger partial charge < -0.3 is 10.2 Å². The normalized spacial score (nSPS) is 16.0. The van der Waals surface area contributed by atoms with E-state index < -0.39 is 42.4 Å². The molecule has 230 valence electrons. The monoisotopic (exact) mass is 605 g/mol. The molecule has 3 amide bonds. The summed E-state index contributed by atoms with van der Waals surface area (Å²) < 4.78 is 40.4. The number of benzene rings is 3. The lowest BCUT2D eigenvalue weighted by molar-refractivity contribution is -0.173. The standard InChI is InChI=1S/C34H34F3N3O4/c1-23(2)31-33(44)39(22-29(41)38-27(32(43)34(35,36)37)20-25-14-8-4-9-15-25)28(26-16-10-5-11-17-26)21-40(31)30(42)19-18-24-12-6-3-7-13-24/h3-17,21,23,27,31H,18-20,22H2,1-2H3,(H,38,41)/t27-,31-/m0/s1. The fourth-order valence-electron chi connectivity index (χ4n) is 5.18. The maximum Gasteiger partial charge on any atom is 0.452 e. The van der Waals surface area contributed by atoms with E-state index in [0.717, 1.165) is 5.56 Å². The third-order valence-electron chi connectivity index (χ3n) is 7.35. The zero-order valence-electron chi connectivity index (χ0n) is 24.5. The van der Waals surface area contributed by atoms with Crippen LogP contribution in [0.15, 0.2) is 97.2 Å². The summed E-state index contributed by atoms with van der Waals surface area (Å²) in [6.45, 7) is 2.90. The molecule has 2 atom stereocenters. The first kappa shape index (κ1) is 32.2. The second-order valence-corrected chi connectivity index (χ2v) is 11.0. The average molecular weight is 606 g/mol. The Morgan fingerprint density at radius 2 is 1.39 bits per heavy atom. The first-order valence-electron chi connectivity index (χ1n) is 14.3. The van der Waals surface area contributed by atoms with Crippen LogP contribution in [0.2, 0.25) is 0 Å². The zero-order chi connectivity index (χ0) is 31.9. The van der Waals surface area contributed by atoms with Gasteiger partial charge in [-0.05, 0) is 29.0 Å². The maximum atomic E-state index is 14.0. The molecule has 1 aliphatic rings. The lowest BCUT2D eigenvalue weighted by atomic mass is 9.96. The molecule has 3 aromatic carbocycles. The van der Waals surface area contributed by atoms with Crippen molar-refractivity contribution in [3.05, 3.63) is 114 Å². The molecule has 1 aliphatic heterocycles. The third-order valence-corrected chi connectivity index (χ3v) is 7.35. The molecule has 0 fully saturated rings. The van der Waals surface area contributed by atoms with Crippen molar-refractivity contribution in [2.24, 2.45) is 5.92 Å². The van der Waals surface area contributed by atoms with Gasteiger partial charge in [-0.3, -0.25) is 24.1 Å². The van der Waals surface area contributed by atoms with Crippen LogP contribution in [-0.2, 0) is 32.0 Å². The Labute approximate surface area is 254 Å². The number of ketones is 1. The van der Waals surface area contributed by atoms with Gasteiger partial charge in [-0.1, -0.05) is 105 Å². The summed E-state index contributed by atoms with van der Waals surface area (Å²) in [5, 5.41) is 2.22. The highest BCUT2D eigenvalue weighted by molar-refractivity contribution is 6.00. The van der Waals surface area contributed by atoms with Crippen molar-refractivity contribution in [3.63, 3.8) is 0 Å². The van der Waals surface area contributed by atoms with E-state index in [2.05, 4.69) is 5.32 Å². The molecular weight excluding hydrogens is 571 g/mol. The van der Waals surface area contributed by atoms with E-state index >= 15 is 0 Å². The van der Waals surface area contributed by atoms with Gasteiger partial charge in [0.15, 0.2) is 0 Å². The lowest BCUT2D eigenvalue weighted by Gasteiger charge is -2.41. The second kappa shape index (κ2) is 14.2. The van der Waals surface area contributed by atoms with Gasteiger partial charge in [0.1, 0.15) is 18.6 Å². The van der Waals surface area contributed by atoms with Gasteiger partial charge in [0.25, 0.3) is 11.7 Å². The molecule has 44 heavy (non-hydrogen) atoms. The van der Waals surface area contributed by atoms with Crippen LogP contribution in [0.25, 0.3) is 5.70 Å². The van der Waals surface area contributed by atoms with E-state index in [1.807, 2.05) is 30.3 Å². The number of rotatable bonds is 11. The molecule has 0 aromatic heterocycles. The second-order valence-electron chi connectivity index (χ2n) is 11.0. The molecule has 3 aromatic rings. The van der Waals surface area contributed by atoms with E-state index in [0.29, 0.717) is 17.5 Å². The SMILES string of the molecule is CC(C)[C@H]1C(=O)N(CC(=O)N[C@@H](Cc2ccccc2)C(=O)C(F)(F)F)C(c2ccccc2)=CN1C(=O)CCc1ccccc1. The molecule has 7 nitrogen and oxygen atoms in total. The van der Waals surface area contributed by atoms with E-state index in [4.69, 9.17) is 0 Å². The number of alkyl halides is 3. The van der Waals surface area contributed by atoms with Crippen molar-refractivity contribution in [2.75, 3.05) is 6.54 Å². The minimum Gasteiger partial charge on any atom is -0.344 e. The van der Waals surface area contributed by atoms with Gasteiger partial charge in [-0.2, -0.15) is 13.2 Å². The zero-order valence-corrected chi connectivity index (χ0v) is 24.5. The Balaban J connectivity index is 1.63. The minimum absolute atomic E-state index is 0.139. The summed E-state index contributed by atoms with van der Waals surface area (Å²) in [7, 11) is 0. The Kier molecular flexibility index (Phi) is 10.4. The lowest BCUT2D eigenvalue weighted by Crippen LogP contribution is -2.57. The van der Waals surface area contributed by atoms with Crippen molar-refractivity contribution in [1.82, 2.24) is 15.1 Å². The van der Waals surface area contributed by atoms with Crippen LogP contribution in [-0.4, -0.2) is 58.1 Å². The fourth-order valence-corrected chi connectivity index (χ4v) is 5.18. The summed E-state index contributed by atoms with van der Waals surface area (Å²) in [4.78, 5) is 55.7. The molecule has 0 saturated carbocycles. The molecule has 4 rings (SSSR count). The van der Waals surface area contributed by atoms with E-state index in [1.165, 1.54) is 16.0 Å². The van der Waals surface area contributed by atoms with Crippen LogP contribution in [0, 0.1) is 5.92 Å². The molecule has 0 radical (unpaired) electrons. The quantitative estimate of drug-likeness (QED) is 0.327. The summed E-state index contributed by atoms with van der Waals surface area (Å²) in [5.74, 6) is -4.21. The van der Waals surface area contributed by atoms with Crippen LogP contribution in [0.1, 0.15) is 37.0 Å². The average Bonchev–Trinajstić information content (AvgIpc) is 3.00. The van der Waals surface area contributed by atoms with Crippen LogP contribution in [0.4, 0.5) is 13.2 Å². The molecule has 1 N–H and O–H groups in total. The van der Waals surface area contributed by atoms with E-state index in [1.54, 1.807) is 74.5 Å². The Hall–Kier alpha value is -4.73. The summed E-state index contributed by atoms with van der Waals surface area (Å²) in [6, 6.07) is 23.3. The van der Waals surface area contributed by atoms with Gasteiger partial charge in [0.05, 0.1) is 5.70 Å². The molecule has 0 bridgehead atoms. The summed E-state index contributed by atoms with van der Waals surface area (Å²) >= 11 is 0. The van der Waals surface area contributed by atoms with Gasteiger partial charge in [0.2, 0.25) is 11.8 Å². The van der Waals surface area contributed by atoms with Crippen LogP contribution in [0.5, 0.6) is 0 Å². The Morgan fingerprint density at radius 1 is 0.841 bits per heavy atom. The number of amides is 3. The van der Waals surface area contributed by atoms with Crippen molar-refractivity contribution >= 4 is 29.2 Å². The number of aryl methyl sites for hydroxylation is 1. The maximum absolute atomic E-state index is 14.0. The largest absolute Gasteiger partial charge is 0.452 e. The van der Waals surface area contributed by atoms with Gasteiger partial charge in [0, 0.05) is 19.0 Å². The topological polar surface area (TPSA) is 86.8 Å². The molecule has 0 unspecified atom stereocenters. The van der Waals surface area contributed by atoms with Crippen molar-refractivity contribution in [3.8, 4) is 0 Å². The van der Waals surface area contributed by atoms with E-state index in [9.17, 15) is 32.3 Å². The van der Waals surface area contributed by atoms with Crippen molar-refractivity contribution < 1.29 is 32.3 Å². The van der Waals surface area contributed by atoms with Crippen LogP contribution >= 0.6 is 0 Å². The summed E-state index contributed by atoms with van der Waals surface area (Å²) in [6.07, 6.45) is -3.42. The smallest absolute Gasteiger partial charge is 0.344 e. The highest BCUT2D eigenvalue weighted by Crippen LogP contribution is 2.31. The molecule has 10 heteroatoms. The van der Waals surface area contributed by atoms with Gasteiger partial charge in [-0.15, -0.1) is 0 Å². The van der Waals surface area contributed by atoms with Gasteiger partial charge >= 0.3 is 6.18 Å². The number of Topliss-reactive ketones (excluding diaryl/α,β-unsaturated/α-hetero) is 1. The van der Waals surface area contributed by atoms with Crippen LogP contribution < -0.4 is 5.32 Å². The van der Waals surface area contributed by atoms with Crippen molar-refractivity contribution in [1.29, 1.82) is 0 Å². The number of carbonyl (C=O) groups is 4. The number of nitrogens with zero attached hydrogens (tertiary/aromatic N) is 2. The van der Waals surface area contributed by atoms with E-state index in [-0.39, 0.29) is 30.4 Å². The Morgan fingerprint density at radius 3 is 1.93 bits per heavy atom. The molecular formula is C34H34F3N3O4. The molecule has 0 spiro atoms. The third kappa shape index (κ3) is 8.00. The highest BCUT2D eigenvalue weighted by atomic mass is 19.4.